The minimum atomic E-state index is -1.39. The molecule has 72 valence electrons. The first-order valence-electron chi connectivity index (χ1n) is 3.71. The van der Waals surface area contributed by atoms with Gasteiger partial charge in [0.1, 0.15) is 11.8 Å². The molecule has 5 heteroatoms. The van der Waals surface area contributed by atoms with Gasteiger partial charge in [-0.1, -0.05) is 0 Å². The fourth-order valence-electron chi connectivity index (χ4n) is 0.904. The maximum atomic E-state index is 10.9. The lowest BCUT2D eigenvalue weighted by Crippen LogP contribution is -2.33. The van der Waals surface area contributed by atoms with E-state index in [0.29, 0.717) is 5.76 Å². The number of hydrogen-bond donors (Lipinski definition) is 2. The smallest absolute Gasteiger partial charge is 0.336 e. The molecule has 0 aliphatic heterocycles. The van der Waals surface area contributed by atoms with Gasteiger partial charge in [-0.15, -0.1) is 0 Å². The van der Waals surface area contributed by atoms with Crippen LogP contribution in [-0.4, -0.2) is 24.3 Å². The minimum Gasteiger partial charge on any atom is -0.468 e. The summed E-state index contributed by atoms with van der Waals surface area (Å²) in [6.07, 6.45) is 0.0234. The summed E-state index contributed by atoms with van der Waals surface area (Å²) in [6, 6.07) is 2.32. The summed E-state index contributed by atoms with van der Waals surface area (Å²) < 4.78 is 9.24. The molecule has 0 amide bonds. The number of aliphatic hydroxyl groups excluding tert-OH is 1. The molecule has 5 nitrogen and oxygen atoms in total. The van der Waals surface area contributed by atoms with Gasteiger partial charge in [0.15, 0.2) is 6.10 Å². The van der Waals surface area contributed by atoms with Crippen LogP contribution in [0.2, 0.25) is 0 Å². The van der Waals surface area contributed by atoms with E-state index >= 15 is 0 Å². The monoisotopic (exact) mass is 185 g/mol. The molecular weight excluding hydrogens is 174 g/mol. The number of carbonyl (C=O) groups excluding carboxylic acids is 1. The summed E-state index contributed by atoms with van der Waals surface area (Å²) in [7, 11) is 1.18. The van der Waals surface area contributed by atoms with Crippen molar-refractivity contribution >= 4 is 5.97 Å². The number of nitrogens with two attached hydrogens (primary N) is 1. The highest BCUT2D eigenvalue weighted by atomic mass is 16.5. The normalized spacial score (nSPS) is 15.0. The van der Waals surface area contributed by atoms with Crippen molar-refractivity contribution in [1.82, 2.24) is 0 Å². The highest BCUT2D eigenvalue weighted by Crippen LogP contribution is 2.15. The lowest BCUT2D eigenvalue weighted by Gasteiger charge is -2.13. The third-order valence-electron chi connectivity index (χ3n) is 1.65. The first kappa shape index (κ1) is 9.76. The number of aliphatic hydroxyl groups is 1. The molecule has 2 atom stereocenters. The molecule has 0 aromatic carbocycles. The van der Waals surface area contributed by atoms with Crippen LogP contribution >= 0.6 is 0 Å². The third kappa shape index (κ3) is 2.07. The number of rotatable bonds is 3. The van der Waals surface area contributed by atoms with Crippen LogP contribution in [0.1, 0.15) is 11.8 Å². The highest BCUT2D eigenvalue weighted by Gasteiger charge is 2.26. The van der Waals surface area contributed by atoms with E-state index in [4.69, 9.17) is 10.2 Å². The van der Waals surface area contributed by atoms with Crippen molar-refractivity contribution in [1.29, 1.82) is 0 Å². The topological polar surface area (TPSA) is 85.7 Å². The second-order valence-corrected chi connectivity index (χ2v) is 2.51. The number of hydrogen-bond acceptors (Lipinski definition) is 5. The van der Waals surface area contributed by atoms with E-state index in [0.717, 1.165) is 0 Å². The van der Waals surface area contributed by atoms with Crippen LogP contribution in [0.5, 0.6) is 0 Å². The molecule has 1 aromatic heterocycles. The van der Waals surface area contributed by atoms with E-state index < -0.39 is 18.1 Å². The zero-order valence-electron chi connectivity index (χ0n) is 7.14. The van der Waals surface area contributed by atoms with Crippen LogP contribution < -0.4 is 5.73 Å². The Morgan fingerprint density at radius 1 is 1.77 bits per heavy atom. The molecule has 0 bridgehead atoms. The van der Waals surface area contributed by atoms with E-state index in [1.807, 2.05) is 0 Å². The molecule has 3 N–H and O–H groups in total. The maximum absolute atomic E-state index is 10.9. The maximum Gasteiger partial charge on any atom is 0.336 e. The van der Waals surface area contributed by atoms with E-state index in [-0.39, 0.29) is 0 Å². The predicted octanol–water partition coefficient (Wildman–Crippen LogP) is -0.187. The molecule has 0 aliphatic carbocycles. The van der Waals surface area contributed by atoms with Crippen molar-refractivity contribution in [3.8, 4) is 0 Å². The molecule has 0 radical (unpaired) electrons. The average molecular weight is 185 g/mol. The molecule has 0 spiro atoms. The lowest BCUT2D eigenvalue weighted by molar-refractivity contribution is -0.151. The summed E-state index contributed by atoms with van der Waals surface area (Å²) >= 11 is 0. The molecule has 0 aliphatic rings. The molecule has 1 heterocycles. The highest BCUT2D eigenvalue weighted by molar-refractivity contribution is 5.75. The Labute approximate surface area is 75.1 Å². The van der Waals surface area contributed by atoms with E-state index in [9.17, 15) is 9.90 Å². The largest absolute Gasteiger partial charge is 0.468 e. The molecule has 1 aromatic rings. The van der Waals surface area contributed by atoms with Gasteiger partial charge in [-0.25, -0.2) is 4.79 Å². The second-order valence-electron chi connectivity index (χ2n) is 2.51. The van der Waals surface area contributed by atoms with Gasteiger partial charge in [-0.3, -0.25) is 0 Å². The van der Waals surface area contributed by atoms with Gasteiger partial charge in [-0.2, -0.15) is 0 Å². The molecule has 0 saturated heterocycles. The van der Waals surface area contributed by atoms with Gasteiger partial charge >= 0.3 is 5.97 Å². The van der Waals surface area contributed by atoms with Crippen molar-refractivity contribution in [2.45, 2.75) is 12.1 Å². The van der Waals surface area contributed by atoms with Crippen LogP contribution in [0.15, 0.2) is 22.8 Å². The number of esters is 1. The quantitative estimate of drug-likeness (QED) is 0.637. The predicted molar refractivity (Wildman–Crippen MR) is 43.7 cm³/mol. The molecule has 0 saturated carbocycles. The summed E-state index contributed by atoms with van der Waals surface area (Å²) in [4.78, 5) is 10.9. The fourth-order valence-corrected chi connectivity index (χ4v) is 0.904. The summed E-state index contributed by atoms with van der Waals surface area (Å²) in [5.74, 6) is -0.429. The molecule has 13 heavy (non-hydrogen) atoms. The van der Waals surface area contributed by atoms with Gasteiger partial charge in [0.05, 0.1) is 13.4 Å². The van der Waals surface area contributed by atoms with Crippen LogP contribution in [0, 0.1) is 0 Å². The van der Waals surface area contributed by atoms with Crippen molar-refractivity contribution < 1.29 is 19.1 Å². The third-order valence-corrected chi connectivity index (χ3v) is 1.65. The number of methoxy groups -OCH3 is 1. The zero-order chi connectivity index (χ0) is 9.84. The second kappa shape index (κ2) is 4.06. The summed E-state index contributed by atoms with van der Waals surface area (Å²) in [5.41, 5.74) is 5.51. The Balaban J connectivity index is 2.68. The number of carbonyl (C=O) groups is 1. The Bertz CT molecular complexity index is 270. The van der Waals surface area contributed by atoms with Crippen LogP contribution in [0.3, 0.4) is 0 Å². The van der Waals surface area contributed by atoms with E-state index in [1.165, 1.54) is 13.4 Å². The molecule has 1 rings (SSSR count). The summed E-state index contributed by atoms with van der Waals surface area (Å²) in [6.45, 7) is 0. The number of furan rings is 1. The van der Waals surface area contributed by atoms with Crippen LogP contribution in [-0.2, 0) is 9.53 Å². The Morgan fingerprint density at radius 2 is 2.46 bits per heavy atom. The zero-order valence-corrected chi connectivity index (χ0v) is 7.14. The first-order valence-corrected chi connectivity index (χ1v) is 3.71. The SMILES string of the molecule is COC(=O)[C@H](O)[C@@H](N)c1ccco1. The fraction of sp³-hybridized carbons (Fsp3) is 0.375. The average Bonchev–Trinajstić information content (AvgIpc) is 2.67. The van der Waals surface area contributed by atoms with Gasteiger partial charge < -0.3 is 20.0 Å². The Kier molecular flexibility index (Phi) is 3.05. The van der Waals surface area contributed by atoms with Gasteiger partial charge in [0.2, 0.25) is 0 Å². The van der Waals surface area contributed by atoms with E-state index in [2.05, 4.69) is 4.74 Å². The summed E-state index contributed by atoms with van der Waals surface area (Å²) in [5, 5.41) is 9.30. The first-order chi connectivity index (χ1) is 6.16. The molecule has 0 unspecified atom stereocenters. The Hall–Kier alpha value is -1.33. The van der Waals surface area contributed by atoms with E-state index in [1.54, 1.807) is 12.1 Å². The molecule has 0 fully saturated rings. The van der Waals surface area contributed by atoms with Crippen molar-refractivity contribution in [3.05, 3.63) is 24.2 Å². The van der Waals surface area contributed by atoms with Gasteiger partial charge in [-0.05, 0) is 12.1 Å². The number of ether oxygens (including phenoxy) is 1. The minimum absolute atomic E-state index is 0.345. The van der Waals surface area contributed by atoms with Gasteiger partial charge in [0, 0.05) is 0 Å². The van der Waals surface area contributed by atoms with Crippen molar-refractivity contribution in [3.63, 3.8) is 0 Å². The standard InChI is InChI=1S/C8H11NO4/c1-12-8(11)7(10)6(9)5-3-2-4-13-5/h2-4,6-7,10H,9H2,1H3/t6-,7+/m0/s1. The van der Waals surface area contributed by atoms with Crippen molar-refractivity contribution in [2.24, 2.45) is 5.73 Å². The van der Waals surface area contributed by atoms with Crippen LogP contribution in [0.25, 0.3) is 0 Å². The molecular formula is C8H11NO4. The van der Waals surface area contributed by atoms with Crippen molar-refractivity contribution in [2.75, 3.05) is 7.11 Å². The van der Waals surface area contributed by atoms with Crippen LogP contribution in [0.4, 0.5) is 0 Å². The van der Waals surface area contributed by atoms with Gasteiger partial charge in [0.25, 0.3) is 0 Å². The Morgan fingerprint density at radius 3 is 2.92 bits per heavy atom. The lowest BCUT2D eigenvalue weighted by atomic mass is 10.1.